The van der Waals surface area contributed by atoms with Crippen LogP contribution in [0, 0.1) is 0 Å². The van der Waals surface area contributed by atoms with Crippen LogP contribution in [0.5, 0.6) is 0 Å². The zero-order valence-corrected chi connectivity index (χ0v) is 23.6. The topological polar surface area (TPSA) is 8.17 Å². The second-order valence-corrected chi connectivity index (χ2v) is 10.4. The Labute approximate surface area is 268 Å². The summed E-state index contributed by atoms with van der Waals surface area (Å²) in [5.74, 6) is 0. The molecule has 1 heterocycles. The molecule has 2 nitrogen and oxygen atoms in total. The van der Waals surface area contributed by atoms with Gasteiger partial charge in [0, 0.05) is 33.4 Å². The Kier molecular flexibility index (Phi) is 4.70. The van der Waals surface area contributed by atoms with Crippen LogP contribution >= 0.6 is 0 Å². The SMILES string of the molecule is [2H]c1c([2H])c([2H])c(N(c2ccccc2)c2c([2H])c([2H])c([2H])c(-c3ccc4c(c3)c3ccccc3n4-c3ccccc3)c2[2H])c(-c2ccccc2)c1[2H]. The standard InChI is InChI=1S/C42H30N2/c1-4-15-31(16-5-1)37-23-10-12-25-40(37)43(34-18-6-2-7-19-34)36-22-14-17-32(29-36)33-27-28-42-39(30-33)38-24-11-13-26-41(38)44(42)35-20-8-3-9-21-35/h1-30H/i10D,12D,14D,17D,22D,23D,25D,29D. The molecule has 0 radical (unpaired) electrons. The molecule has 0 N–H and O–H groups in total. The molecule has 0 aliphatic rings. The molecule has 44 heavy (non-hydrogen) atoms. The molecule has 7 aromatic carbocycles. The van der Waals surface area contributed by atoms with Crippen molar-refractivity contribution in [3.63, 3.8) is 0 Å². The van der Waals surface area contributed by atoms with Gasteiger partial charge in [-0.25, -0.2) is 0 Å². The molecule has 2 heteroatoms. The van der Waals surface area contributed by atoms with Gasteiger partial charge in [-0.05, 0) is 77.3 Å². The van der Waals surface area contributed by atoms with E-state index < -0.39 is 24.2 Å². The van der Waals surface area contributed by atoms with Crippen molar-refractivity contribution in [2.45, 2.75) is 0 Å². The summed E-state index contributed by atoms with van der Waals surface area (Å²) in [6.45, 7) is 0. The van der Waals surface area contributed by atoms with E-state index in [1.165, 1.54) is 4.90 Å². The maximum absolute atomic E-state index is 9.74. The highest BCUT2D eigenvalue weighted by molar-refractivity contribution is 6.10. The van der Waals surface area contributed by atoms with Gasteiger partial charge in [0.05, 0.1) is 27.7 Å². The molecule has 0 aliphatic heterocycles. The lowest BCUT2D eigenvalue weighted by Crippen LogP contribution is -2.11. The molecule has 0 atom stereocenters. The first kappa shape index (κ1) is 18.6. The first-order valence-corrected chi connectivity index (χ1v) is 14.4. The molecule has 0 fully saturated rings. The number of hydrogen-bond acceptors (Lipinski definition) is 1. The first-order valence-electron chi connectivity index (χ1n) is 18.4. The largest absolute Gasteiger partial charge is 0.310 e. The molecular weight excluding hydrogens is 532 g/mol. The number of hydrogen-bond donors (Lipinski definition) is 0. The lowest BCUT2D eigenvalue weighted by Gasteiger charge is -2.28. The highest BCUT2D eigenvalue weighted by atomic mass is 15.1. The Balaban J connectivity index is 1.44. The summed E-state index contributed by atoms with van der Waals surface area (Å²) in [7, 11) is 0. The van der Waals surface area contributed by atoms with Gasteiger partial charge in [-0.15, -0.1) is 0 Å². The van der Waals surface area contributed by atoms with E-state index in [0.717, 1.165) is 27.5 Å². The van der Waals surface area contributed by atoms with Crippen LogP contribution in [-0.2, 0) is 0 Å². The van der Waals surface area contributed by atoms with Gasteiger partial charge in [-0.2, -0.15) is 0 Å². The maximum atomic E-state index is 9.74. The molecule has 1 aromatic heterocycles. The van der Waals surface area contributed by atoms with Gasteiger partial charge in [-0.3, -0.25) is 0 Å². The van der Waals surface area contributed by atoms with E-state index in [1.807, 2.05) is 78.9 Å². The first-order chi connectivity index (χ1) is 25.2. The fraction of sp³-hybridized carbons (Fsp3) is 0. The Bertz CT molecular complexity index is 2660. The molecule has 0 aliphatic carbocycles. The Hall–Kier alpha value is -5.86. The second kappa shape index (κ2) is 11.1. The van der Waals surface area contributed by atoms with Gasteiger partial charge in [0.1, 0.15) is 0 Å². The fourth-order valence-corrected chi connectivity index (χ4v) is 5.81. The summed E-state index contributed by atoms with van der Waals surface area (Å²) in [4.78, 5) is 1.48. The summed E-state index contributed by atoms with van der Waals surface area (Å²) in [6, 6.07) is 38.6. The van der Waals surface area contributed by atoms with Crippen LogP contribution in [-0.4, -0.2) is 4.57 Å². The number of nitrogens with zero attached hydrogens (tertiary/aromatic N) is 2. The number of rotatable bonds is 6. The zero-order chi connectivity index (χ0) is 36.3. The van der Waals surface area contributed by atoms with Crippen molar-refractivity contribution in [1.82, 2.24) is 4.57 Å². The monoisotopic (exact) mass is 570 g/mol. The Morgan fingerprint density at radius 1 is 0.477 bits per heavy atom. The normalized spacial score (nSPS) is 13.7. The van der Waals surface area contributed by atoms with E-state index in [9.17, 15) is 4.11 Å². The number of fused-ring (bicyclic) bond motifs is 3. The van der Waals surface area contributed by atoms with E-state index in [0.29, 0.717) is 16.8 Å². The van der Waals surface area contributed by atoms with Crippen LogP contribution in [0.1, 0.15) is 11.0 Å². The third kappa shape index (κ3) is 4.54. The summed E-state index contributed by atoms with van der Waals surface area (Å²) < 4.78 is 74.8. The molecule has 8 rings (SSSR count). The number of para-hydroxylation sites is 4. The fourth-order valence-electron chi connectivity index (χ4n) is 5.81. The number of anilines is 3. The van der Waals surface area contributed by atoms with Gasteiger partial charge in [0.2, 0.25) is 0 Å². The lowest BCUT2D eigenvalue weighted by atomic mass is 10.00. The van der Waals surface area contributed by atoms with Crippen LogP contribution in [0.3, 0.4) is 0 Å². The third-order valence-corrected chi connectivity index (χ3v) is 7.78. The summed E-state index contributed by atoms with van der Waals surface area (Å²) >= 11 is 0. The minimum atomic E-state index is -0.470. The van der Waals surface area contributed by atoms with Crippen LogP contribution < -0.4 is 4.90 Å². The molecule has 0 spiro atoms. The third-order valence-electron chi connectivity index (χ3n) is 7.78. The van der Waals surface area contributed by atoms with E-state index in [-0.39, 0.29) is 46.7 Å². The molecule has 0 amide bonds. The van der Waals surface area contributed by atoms with E-state index >= 15 is 0 Å². The number of aromatic nitrogens is 1. The zero-order valence-electron chi connectivity index (χ0n) is 31.6. The van der Waals surface area contributed by atoms with Crippen molar-refractivity contribution in [3.05, 3.63) is 182 Å². The highest BCUT2D eigenvalue weighted by Crippen LogP contribution is 2.42. The molecule has 0 bridgehead atoms. The van der Waals surface area contributed by atoms with E-state index in [4.69, 9.17) is 6.85 Å². The van der Waals surface area contributed by atoms with Crippen LogP contribution in [0.15, 0.2) is 182 Å². The smallest absolute Gasteiger partial charge is 0.0651 e. The molecule has 208 valence electrons. The van der Waals surface area contributed by atoms with Crippen LogP contribution in [0.2, 0.25) is 0 Å². The van der Waals surface area contributed by atoms with Crippen molar-refractivity contribution >= 4 is 38.9 Å². The predicted molar refractivity (Wildman–Crippen MR) is 186 cm³/mol. The molecule has 0 saturated carbocycles. The number of benzene rings is 7. The average Bonchev–Trinajstić information content (AvgIpc) is 3.51. The Morgan fingerprint density at radius 2 is 1.16 bits per heavy atom. The molecule has 0 unspecified atom stereocenters. The van der Waals surface area contributed by atoms with Gasteiger partial charge in [-0.1, -0.05) is 121 Å². The van der Waals surface area contributed by atoms with Crippen molar-refractivity contribution < 1.29 is 11.0 Å². The predicted octanol–water partition coefficient (Wildman–Crippen LogP) is 11.6. The van der Waals surface area contributed by atoms with Gasteiger partial charge in [0.25, 0.3) is 0 Å². The van der Waals surface area contributed by atoms with E-state index in [2.05, 4.69) is 4.57 Å². The molecule has 8 aromatic rings. The minimum Gasteiger partial charge on any atom is -0.310 e. The molecule has 0 saturated heterocycles. The Morgan fingerprint density at radius 3 is 1.98 bits per heavy atom. The van der Waals surface area contributed by atoms with E-state index in [1.54, 1.807) is 54.6 Å². The van der Waals surface area contributed by atoms with Crippen molar-refractivity contribution in [3.8, 4) is 27.9 Å². The second-order valence-electron chi connectivity index (χ2n) is 10.4. The van der Waals surface area contributed by atoms with Crippen molar-refractivity contribution in [2.75, 3.05) is 4.90 Å². The quantitative estimate of drug-likeness (QED) is 0.193. The lowest BCUT2D eigenvalue weighted by molar-refractivity contribution is 1.18. The maximum Gasteiger partial charge on any atom is 0.0651 e. The van der Waals surface area contributed by atoms with Gasteiger partial charge in [0.15, 0.2) is 0 Å². The molecular formula is C42H30N2. The average molecular weight is 571 g/mol. The highest BCUT2D eigenvalue weighted by Gasteiger charge is 2.18. The van der Waals surface area contributed by atoms with Crippen molar-refractivity contribution in [1.29, 1.82) is 0 Å². The summed E-state index contributed by atoms with van der Waals surface area (Å²) in [6.07, 6.45) is 0. The van der Waals surface area contributed by atoms with Gasteiger partial charge >= 0.3 is 0 Å². The van der Waals surface area contributed by atoms with Crippen LogP contribution in [0.25, 0.3) is 49.7 Å². The summed E-state index contributed by atoms with van der Waals surface area (Å²) in [5, 5.41) is 1.87. The minimum absolute atomic E-state index is 0.0369. The van der Waals surface area contributed by atoms with Crippen molar-refractivity contribution in [2.24, 2.45) is 0 Å². The summed E-state index contributed by atoms with van der Waals surface area (Å²) in [5.41, 5.74) is 4.65. The van der Waals surface area contributed by atoms with Gasteiger partial charge < -0.3 is 9.47 Å². The van der Waals surface area contributed by atoms with Crippen LogP contribution in [0.4, 0.5) is 17.1 Å².